The van der Waals surface area contributed by atoms with Gasteiger partial charge in [0.2, 0.25) is 0 Å². The molecule has 1 aromatic carbocycles. The van der Waals surface area contributed by atoms with Crippen LogP contribution in [0.3, 0.4) is 0 Å². The van der Waals surface area contributed by atoms with Crippen LogP contribution >= 0.6 is 0 Å². The number of benzene rings is 1. The van der Waals surface area contributed by atoms with Crippen molar-refractivity contribution in [2.45, 2.75) is 13.3 Å². The number of aliphatic hydroxyl groups is 1. The van der Waals surface area contributed by atoms with Crippen LogP contribution in [0.5, 0.6) is 0 Å². The summed E-state index contributed by atoms with van der Waals surface area (Å²) in [5.41, 5.74) is 0.421. The van der Waals surface area contributed by atoms with Crippen molar-refractivity contribution in [1.29, 1.82) is 0 Å². The zero-order valence-corrected chi connectivity index (χ0v) is 13.2. The van der Waals surface area contributed by atoms with E-state index in [2.05, 4.69) is 4.01 Å². The van der Waals surface area contributed by atoms with Gasteiger partial charge in [-0.3, -0.25) is 0 Å². The van der Waals surface area contributed by atoms with Crippen LogP contribution in [0.15, 0.2) is 58.0 Å². The quantitative estimate of drug-likeness (QED) is 0.667. The van der Waals surface area contributed by atoms with Crippen molar-refractivity contribution in [1.82, 2.24) is 0 Å². The molecule has 0 radical (unpaired) electrons. The van der Waals surface area contributed by atoms with E-state index in [1.807, 2.05) is 30.3 Å². The molecule has 0 unspecified atom stereocenters. The second kappa shape index (κ2) is 7.67. The summed E-state index contributed by atoms with van der Waals surface area (Å²) in [4.78, 5) is 11.3. The first-order valence-electron chi connectivity index (χ1n) is 6.43. The van der Waals surface area contributed by atoms with Crippen LogP contribution in [0.1, 0.15) is 13.3 Å². The molecule has 0 amide bonds. The summed E-state index contributed by atoms with van der Waals surface area (Å²) in [6, 6.07) is 9.79. The van der Waals surface area contributed by atoms with E-state index in [9.17, 15) is 9.90 Å². The van der Waals surface area contributed by atoms with E-state index in [-0.39, 0.29) is 27.5 Å². The Morgan fingerprint density at radius 1 is 1.38 bits per heavy atom. The number of allylic oxidation sites excluding steroid dienone is 2. The van der Waals surface area contributed by atoms with Crippen LogP contribution in [0.25, 0.3) is 0 Å². The molecule has 0 aliphatic heterocycles. The molecule has 21 heavy (non-hydrogen) atoms. The fraction of sp³-hybridized carbons (Fsp3) is 0.200. The second-order valence-corrected chi connectivity index (χ2v) is 5.83. The number of ether oxygens (including phenoxy) is 2. The van der Waals surface area contributed by atoms with Gasteiger partial charge in [-0.25, -0.2) is 0 Å². The Hall–Kier alpha value is -2.04. The third-order valence-electron chi connectivity index (χ3n) is 2.53. The van der Waals surface area contributed by atoms with E-state index in [1.54, 1.807) is 19.1 Å². The molecule has 2 rings (SSSR count). The molecule has 5 nitrogen and oxygen atoms in total. The van der Waals surface area contributed by atoms with Crippen LogP contribution in [-0.4, -0.2) is 38.8 Å². The van der Waals surface area contributed by atoms with Crippen molar-refractivity contribution in [3.63, 3.8) is 0 Å². The van der Waals surface area contributed by atoms with Crippen molar-refractivity contribution in [3.8, 4) is 0 Å². The minimum atomic E-state index is -0.744. The predicted molar refractivity (Wildman–Crippen MR) is 80.8 cm³/mol. The molecule has 1 aliphatic carbocycles. The number of carbonyl (C=O) groups is 1. The average Bonchev–Trinajstić information content (AvgIpc) is 2.49. The fourth-order valence-corrected chi connectivity index (χ4v) is 2.89. The van der Waals surface area contributed by atoms with Gasteiger partial charge in [0, 0.05) is 0 Å². The van der Waals surface area contributed by atoms with E-state index in [1.165, 1.54) is 0 Å². The third-order valence-corrected chi connectivity index (χ3v) is 4.14. The standard InChI is InChI=1S/C15H15NO4Se/c1-2-19-15(18)20-11-8-9-14(17)13(10-11)16-21-12-6-4-3-5-7-12/h3-7,9-10,17H,2,8H2,1H3/b16-13+. The zero-order chi connectivity index (χ0) is 15.1. The average molecular weight is 352 g/mol. The molecule has 0 saturated heterocycles. The molecule has 6 heteroatoms. The first kappa shape index (κ1) is 15.4. The van der Waals surface area contributed by atoms with Gasteiger partial charge in [-0.1, -0.05) is 0 Å². The van der Waals surface area contributed by atoms with Gasteiger partial charge in [-0.15, -0.1) is 0 Å². The second-order valence-electron chi connectivity index (χ2n) is 4.07. The Bertz CT molecular complexity index is 593. The Morgan fingerprint density at radius 2 is 2.14 bits per heavy atom. The molecular formula is C15H15NO4Se. The Kier molecular flexibility index (Phi) is 5.60. The topological polar surface area (TPSA) is 68.1 Å². The maximum atomic E-state index is 11.3. The molecule has 0 aromatic heterocycles. The van der Waals surface area contributed by atoms with Gasteiger partial charge in [0.1, 0.15) is 0 Å². The summed E-state index contributed by atoms with van der Waals surface area (Å²) in [7, 11) is 0. The first-order chi connectivity index (χ1) is 10.2. The molecule has 110 valence electrons. The molecule has 1 aromatic rings. The van der Waals surface area contributed by atoms with Crippen molar-refractivity contribution in [2.75, 3.05) is 6.61 Å². The van der Waals surface area contributed by atoms with Crippen LogP contribution in [0, 0.1) is 0 Å². The van der Waals surface area contributed by atoms with Gasteiger partial charge in [-0.05, 0) is 0 Å². The van der Waals surface area contributed by atoms with Crippen LogP contribution in [0.2, 0.25) is 0 Å². The van der Waals surface area contributed by atoms with Gasteiger partial charge in [0.15, 0.2) is 0 Å². The number of aliphatic hydroxyl groups excluding tert-OH is 1. The number of nitrogens with zero attached hydrogens (tertiary/aromatic N) is 1. The van der Waals surface area contributed by atoms with E-state index in [4.69, 9.17) is 9.47 Å². The molecule has 0 spiro atoms. The van der Waals surface area contributed by atoms with Gasteiger partial charge >= 0.3 is 129 Å². The molecule has 1 aliphatic rings. The molecule has 1 N–H and O–H groups in total. The summed E-state index contributed by atoms with van der Waals surface area (Å²) in [5.74, 6) is 0.512. The maximum absolute atomic E-state index is 11.3. The van der Waals surface area contributed by atoms with Gasteiger partial charge in [0.05, 0.1) is 0 Å². The van der Waals surface area contributed by atoms with Crippen LogP contribution in [0.4, 0.5) is 4.79 Å². The van der Waals surface area contributed by atoms with E-state index >= 15 is 0 Å². The summed E-state index contributed by atoms with van der Waals surface area (Å²) < 4.78 is 15.2. The SMILES string of the molecule is CCOC(=O)OC1=C/C(=N\[Se]c2ccccc2)C(O)=CC1. The monoisotopic (exact) mass is 353 g/mol. The Morgan fingerprint density at radius 3 is 2.86 bits per heavy atom. The Labute approximate surface area is 129 Å². The molecule has 0 atom stereocenters. The normalized spacial score (nSPS) is 16.1. The minimum absolute atomic E-state index is 0.101. The Balaban J connectivity index is 2.05. The van der Waals surface area contributed by atoms with Crippen molar-refractivity contribution in [3.05, 3.63) is 54.0 Å². The zero-order valence-electron chi connectivity index (χ0n) is 11.5. The van der Waals surface area contributed by atoms with Crippen molar-refractivity contribution < 1.29 is 19.4 Å². The third kappa shape index (κ3) is 4.77. The van der Waals surface area contributed by atoms with Gasteiger partial charge in [0.25, 0.3) is 0 Å². The molecule has 0 heterocycles. The number of hydrogen-bond donors (Lipinski definition) is 1. The molecule has 0 fully saturated rings. The van der Waals surface area contributed by atoms with Gasteiger partial charge < -0.3 is 0 Å². The number of rotatable bonds is 4. The van der Waals surface area contributed by atoms with E-state index in [0.717, 1.165) is 4.46 Å². The molecule has 0 bridgehead atoms. The first-order valence-corrected chi connectivity index (χ1v) is 8.06. The predicted octanol–water partition coefficient (Wildman–Crippen LogP) is 2.27. The van der Waals surface area contributed by atoms with Crippen molar-refractivity contribution >= 4 is 31.5 Å². The van der Waals surface area contributed by atoms with Gasteiger partial charge in [-0.2, -0.15) is 0 Å². The summed E-state index contributed by atoms with van der Waals surface area (Å²) in [5, 5.41) is 9.83. The van der Waals surface area contributed by atoms with Crippen LogP contribution in [-0.2, 0) is 9.47 Å². The summed E-state index contributed by atoms with van der Waals surface area (Å²) in [6.45, 7) is 1.96. The summed E-state index contributed by atoms with van der Waals surface area (Å²) >= 11 is -0.151. The molecular weight excluding hydrogens is 337 g/mol. The van der Waals surface area contributed by atoms with Crippen molar-refractivity contribution in [2.24, 2.45) is 4.01 Å². The van der Waals surface area contributed by atoms with E-state index in [0.29, 0.717) is 17.9 Å². The summed E-state index contributed by atoms with van der Waals surface area (Å²) in [6.07, 6.45) is 2.72. The fourth-order valence-electron chi connectivity index (χ4n) is 1.57. The van der Waals surface area contributed by atoms with Crippen LogP contribution < -0.4 is 4.46 Å². The van der Waals surface area contributed by atoms with E-state index < -0.39 is 6.16 Å². The molecule has 0 saturated carbocycles. The number of carbonyl (C=O) groups excluding carboxylic acids is 1. The number of hydrogen-bond acceptors (Lipinski definition) is 5.